The van der Waals surface area contributed by atoms with Crippen molar-refractivity contribution in [1.82, 2.24) is 9.78 Å². The Kier molecular flexibility index (Phi) is 3.13. The zero-order chi connectivity index (χ0) is 13.3. The Morgan fingerprint density at radius 1 is 1.22 bits per heavy atom. The molecule has 1 aromatic carbocycles. The van der Waals surface area contributed by atoms with Crippen molar-refractivity contribution in [3.8, 4) is 5.69 Å². The highest BCUT2D eigenvalue weighted by atomic mass is 35.5. The Morgan fingerprint density at radius 3 is 2.33 bits per heavy atom. The highest BCUT2D eigenvalue weighted by Crippen LogP contribution is 2.29. The highest BCUT2D eigenvalue weighted by molar-refractivity contribution is 6.67. The van der Waals surface area contributed by atoms with E-state index >= 15 is 0 Å². The minimum absolute atomic E-state index is 0.324. The van der Waals surface area contributed by atoms with E-state index in [0.29, 0.717) is 11.8 Å². The molecule has 0 saturated carbocycles. The van der Waals surface area contributed by atoms with E-state index in [1.807, 2.05) is 0 Å². The summed E-state index contributed by atoms with van der Waals surface area (Å²) >= 11 is 5.25. The van der Waals surface area contributed by atoms with Gasteiger partial charge in [-0.05, 0) is 23.7 Å². The second-order valence-electron chi connectivity index (χ2n) is 3.43. The number of aromatic nitrogens is 2. The van der Waals surface area contributed by atoms with Crippen LogP contribution in [-0.4, -0.2) is 15.0 Å². The van der Waals surface area contributed by atoms with Crippen molar-refractivity contribution < 1.29 is 18.0 Å². The third-order valence-electron chi connectivity index (χ3n) is 2.20. The van der Waals surface area contributed by atoms with E-state index in [2.05, 4.69) is 5.10 Å². The van der Waals surface area contributed by atoms with Crippen LogP contribution in [0, 0.1) is 0 Å². The Labute approximate surface area is 105 Å². The Hall–Kier alpha value is -1.82. The van der Waals surface area contributed by atoms with Crippen LogP contribution in [0.15, 0.2) is 36.4 Å². The standard InChI is InChI=1S/C11H6ClF3N2O/c12-10(18)8-6-9(11(13,14)15)16-17(8)7-4-2-1-3-5-7/h1-6H. The lowest BCUT2D eigenvalue weighted by Gasteiger charge is -2.04. The zero-order valence-electron chi connectivity index (χ0n) is 8.78. The van der Waals surface area contributed by atoms with Gasteiger partial charge >= 0.3 is 6.18 Å². The van der Waals surface area contributed by atoms with Crippen LogP contribution in [0.4, 0.5) is 13.2 Å². The molecule has 0 fully saturated rings. The van der Waals surface area contributed by atoms with Crippen LogP contribution in [0.2, 0.25) is 0 Å². The number of carbonyl (C=O) groups excluding carboxylic acids is 1. The van der Waals surface area contributed by atoms with Crippen LogP contribution in [-0.2, 0) is 6.18 Å². The molecule has 0 N–H and O–H groups in total. The molecule has 2 rings (SSSR count). The summed E-state index contributed by atoms with van der Waals surface area (Å²) in [6, 6.07) is 8.61. The molecule has 0 saturated heterocycles. The second-order valence-corrected chi connectivity index (χ2v) is 3.78. The van der Waals surface area contributed by atoms with Crippen LogP contribution >= 0.6 is 11.6 Å². The topological polar surface area (TPSA) is 34.9 Å². The van der Waals surface area contributed by atoms with Crippen molar-refractivity contribution in [3.05, 3.63) is 47.8 Å². The summed E-state index contributed by atoms with van der Waals surface area (Å²) in [5.41, 5.74) is -1.15. The largest absolute Gasteiger partial charge is 0.435 e. The molecule has 7 heteroatoms. The molecule has 0 bridgehead atoms. The van der Waals surface area contributed by atoms with Crippen molar-refractivity contribution in [3.63, 3.8) is 0 Å². The van der Waals surface area contributed by atoms with Crippen LogP contribution in [0.1, 0.15) is 16.2 Å². The lowest BCUT2D eigenvalue weighted by atomic mass is 10.3. The first kappa shape index (κ1) is 12.6. The summed E-state index contributed by atoms with van der Waals surface area (Å²) in [5.74, 6) is 0. The number of halogens is 4. The maximum absolute atomic E-state index is 12.5. The molecule has 1 aromatic heterocycles. The number of para-hydroxylation sites is 1. The SMILES string of the molecule is O=C(Cl)c1cc(C(F)(F)F)nn1-c1ccccc1. The minimum Gasteiger partial charge on any atom is -0.274 e. The number of rotatable bonds is 2. The number of benzene rings is 1. The van der Waals surface area contributed by atoms with Crippen molar-refractivity contribution >= 4 is 16.8 Å². The smallest absolute Gasteiger partial charge is 0.274 e. The van der Waals surface area contributed by atoms with Crippen molar-refractivity contribution in [2.24, 2.45) is 0 Å². The van der Waals surface area contributed by atoms with E-state index in [1.54, 1.807) is 18.2 Å². The van der Waals surface area contributed by atoms with Gasteiger partial charge in [-0.3, -0.25) is 4.79 Å². The predicted octanol–water partition coefficient (Wildman–Crippen LogP) is 3.27. The Balaban J connectivity index is 2.60. The van der Waals surface area contributed by atoms with E-state index in [4.69, 9.17) is 11.6 Å². The van der Waals surface area contributed by atoms with Gasteiger partial charge in [-0.15, -0.1) is 0 Å². The van der Waals surface area contributed by atoms with E-state index in [-0.39, 0.29) is 5.69 Å². The summed E-state index contributed by atoms with van der Waals surface area (Å²) < 4.78 is 38.5. The van der Waals surface area contributed by atoms with E-state index < -0.39 is 17.1 Å². The highest BCUT2D eigenvalue weighted by Gasteiger charge is 2.35. The Morgan fingerprint density at radius 2 is 1.83 bits per heavy atom. The fourth-order valence-corrected chi connectivity index (χ4v) is 1.56. The molecule has 0 aliphatic heterocycles. The summed E-state index contributed by atoms with van der Waals surface area (Å²) in [7, 11) is 0. The number of nitrogens with zero attached hydrogens (tertiary/aromatic N) is 2. The van der Waals surface area contributed by atoms with Gasteiger partial charge in [0.1, 0.15) is 5.69 Å². The molecular weight excluding hydrogens is 269 g/mol. The van der Waals surface area contributed by atoms with Crippen LogP contribution < -0.4 is 0 Å². The monoisotopic (exact) mass is 274 g/mol. The molecule has 2 aromatic rings. The number of hydrogen-bond donors (Lipinski definition) is 0. The van der Waals surface area contributed by atoms with Crippen molar-refractivity contribution in [1.29, 1.82) is 0 Å². The van der Waals surface area contributed by atoms with Crippen LogP contribution in [0.25, 0.3) is 5.69 Å². The maximum Gasteiger partial charge on any atom is 0.435 e. The van der Waals surface area contributed by atoms with Gasteiger partial charge in [0.2, 0.25) is 0 Å². The van der Waals surface area contributed by atoms with Crippen molar-refractivity contribution in [2.45, 2.75) is 6.18 Å². The third-order valence-corrected chi connectivity index (χ3v) is 2.40. The predicted molar refractivity (Wildman–Crippen MR) is 58.7 cm³/mol. The average molecular weight is 275 g/mol. The molecule has 0 aliphatic carbocycles. The molecule has 0 unspecified atom stereocenters. The van der Waals surface area contributed by atoms with Crippen LogP contribution in [0.3, 0.4) is 0 Å². The molecule has 0 radical (unpaired) electrons. The maximum atomic E-state index is 12.5. The summed E-state index contributed by atoms with van der Waals surface area (Å²) in [5, 5.41) is 2.36. The van der Waals surface area contributed by atoms with E-state index in [1.165, 1.54) is 12.1 Å². The number of alkyl halides is 3. The average Bonchev–Trinajstić information content (AvgIpc) is 2.74. The quantitative estimate of drug-likeness (QED) is 0.788. The van der Waals surface area contributed by atoms with Gasteiger partial charge in [0, 0.05) is 6.07 Å². The summed E-state index contributed by atoms with van der Waals surface area (Å²) in [6.07, 6.45) is -4.62. The minimum atomic E-state index is -4.62. The first-order chi connectivity index (χ1) is 8.39. The molecule has 3 nitrogen and oxygen atoms in total. The molecule has 0 amide bonds. The van der Waals surface area contributed by atoms with Gasteiger partial charge in [0.15, 0.2) is 5.69 Å². The Bertz CT molecular complexity index is 578. The lowest BCUT2D eigenvalue weighted by molar-refractivity contribution is -0.141. The molecule has 18 heavy (non-hydrogen) atoms. The fraction of sp³-hybridized carbons (Fsp3) is 0.0909. The summed E-state index contributed by atoms with van der Waals surface area (Å²) in [6.45, 7) is 0. The van der Waals surface area contributed by atoms with E-state index in [9.17, 15) is 18.0 Å². The summed E-state index contributed by atoms with van der Waals surface area (Å²) in [4.78, 5) is 11.1. The van der Waals surface area contributed by atoms with Gasteiger partial charge < -0.3 is 0 Å². The molecule has 0 spiro atoms. The first-order valence-electron chi connectivity index (χ1n) is 4.82. The molecule has 0 atom stereocenters. The van der Waals surface area contributed by atoms with Gasteiger partial charge in [-0.25, -0.2) is 4.68 Å². The second kappa shape index (κ2) is 4.45. The molecule has 1 heterocycles. The van der Waals surface area contributed by atoms with Gasteiger partial charge in [-0.1, -0.05) is 18.2 Å². The van der Waals surface area contributed by atoms with E-state index in [0.717, 1.165) is 4.68 Å². The molecule has 0 aliphatic rings. The van der Waals surface area contributed by atoms with Gasteiger partial charge in [0.25, 0.3) is 5.24 Å². The number of hydrogen-bond acceptors (Lipinski definition) is 2. The first-order valence-corrected chi connectivity index (χ1v) is 5.20. The van der Waals surface area contributed by atoms with Crippen molar-refractivity contribution in [2.75, 3.05) is 0 Å². The zero-order valence-corrected chi connectivity index (χ0v) is 9.53. The van der Waals surface area contributed by atoms with Gasteiger partial charge in [0.05, 0.1) is 5.69 Å². The van der Waals surface area contributed by atoms with Crippen LogP contribution in [0.5, 0.6) is 0 Å². The lowest BCUT2D eigenvalue weighted by Crippen LogP contribution is -2.08. The van der Waals surface area contributed by atoms with Gasteiger partial charge in [-0.2, -0.15) is 18.3 Å². The fourth-order valence-electron chi connectivity index (χ4n) is 1.43. The third kappa shape index (κ3) is 2.38. The normalized spacial score (nSPS) is 11.6. The molecule has 94 valence electrons. The molecular formula is C11H6ClF3N2O. The number of carbonyl (C=O) groups is 1.